The summed E-state index contributed by atoms with van der Waals surface area (Å²) in [5.74, 6) is 0.781. The van der Waals surface area contributed by atoms with Crippen LogP contribution in [0.25, 0.3) is 0 Å². The topological polar surface area (TPSA) is 47.0 Å². The number of ether oxygens (including phenoxy) is 1. The van der Waals surface area contributed by atoms with E-state index in [1.54, 1.807) is 7.11 Å². The highest BCUT2D eigenvalue weighted by Crippen LogP contribution is 2.28. The summed E-state index contributed by atoms with van der Waals surface area (Å²) < 4.78 is 9.81. The van der Waals surface area contributed by atoms with Crippen LogP contribution in [0.3, 0.4) is 0 Å². The van der Waals surface area contributed by atoms with E-state index in [0.29, 0.717) is 4.73 Å². The number of hydrogen-bond acceptors (Lipinski definition) is 5. The van der Waals surface area contributed by atoms with Crippen LogP contribution in [0.1, 0.15) is 0 Å². The van der Waals surface area contributed by atoms with E-state index < -0.39 is 0 Å². The summed E-state index contributed by atoms with van der Waals surface area (Å²) in [6.45, 7) is 0. The maximum atomic E-state index is 5.21. The molecule has 0 aliphatic heterocycles. The van der Waals surface area contributed by atoms with E-state index in [1.807, 2.05) is 24.3 Å². The average Bonchev–Trinajstić information content (AvgIpc) is 2.65. The van der Waals surface area contributed by atoms with Crippen LogP contribution in [0, 0.1) is 0 Å². The maximum Gasteiger partial charge on any atom is 0.210 e. The number of anilines is 2. The molecule has 4 nitrogen and oxygen atoms in total. The number of benzene rings is 1. The highest BCUT2D eigenvalue weighted by Gasteiger charge is 2.05. The van der Waals surface area contributed by atoms with Crippen molar-refractivity contribution < 1.29 is 4.74 Å². The summed E-state index contributed by atoms with van der Waals surface area (Å²) in [5, 5.41) is 3.86. The molecule has 0 amide bonds. The predicted molar refractivity (Wildman–Crippen MR) is 63.9 cm³/mol. The Hall–Kier alpha value is -1.14. The lowest BCUT2D eigenvalue weighted by molar-refractivity contribution is 0.417. The number of aromatic nitrogens is 2. The van der Waals surface area contributed by atoms with Crippen LogP contribution in [0.15, 0.2) is 29.0 Å². The second-order valence-electron chi connectivity index (χ2n) is 2.69. The van der Waals surface area contributed by atoms with Crippen molar-refractivity contribution in [2.24, 2.45) is 0 Å². The van der Waals surface area contributed by atoms with Gasteiger partial charge in [-0.2, -0.15) is 9.36 Å². The van der Waals surface area contributed by atoms with Crippen molar-refractivity contribution in [3.05, 3.63) is 29.0 Å². The summed E-state index contributed by atoms with van der Waals surface area (Å²) in [4.78, 5) is 4.14. The zero-order valence-corrected chi connectivity index (χ0v) is 10.3. The number of para-hydroxylation sites is 2. The molecule has 0 saturated carbocycles. The summed E-state index contributed by atoms with van der Waals surface area (Å²) in [5.41, 5.74) is 0.878. The first-order valence-electron chi connectivity index (χ1n) is 4.19. The van der Waals surface area contributed by atoms with Gasteiger partial charge in [-0.25, -0.2) is 0 Å². The summed E-state index contributed by atoms with van der Waals surface area (Å²) in [6, 6.07) is 7.66. The highest BCUT2D eigenvalue weighted by atomic mass is 79.9. The van der Waals surface area contributed by atoms with E-state index in [2.05, 4.69) is 30.6 Å². The van der Waals surface area contributed by atoms with Crippen LogP contribution < -0.4 is 10.1 Å². The fraction of sp³-hybridized carbons (Fsp3) is 0.111. The van der Waals surface area contributed by atoms with Gasteiger partial charge in [0.25, 0.3) is 0 Å². The fourth-order valence-corrected chi connectivity index (χ4v) is 2.12. The van der Waals surface area contributed by atoms with Gasteiger partial charge in [0.1, 0.15) is 5.75 Å². The Balaban J connectivity index is 2.23. The van der Waals surface area contributed by atoms with Crippen LogP contribution in [0.2, 0.25) is 0 Å². The third-order valence-corrected chi connectivity index (χ3v) is 2.97. The van der Waals surface area contributed by atoms with Crippen molar-refractivity contribution in [2.45, 2.75) is 0 Å². The molecule has 0 radical (unpaired) electrons. The monoisotopic (exact) mass is 285 g/mol. The number of nitrogens with zero attached hydrogens (tertiary/aromatic N) is 2. The lowest BCUT2D eigenvalue weighted by Crippen LogP contribution is -1.93. The van der Waals surface area contributed by atoms with Gasteiger partial charge in [-0.05, 0) is 28.1 Å². The molecule has 0 bridgehead atoms. The van der Waals surface area contributed by atoms with Gasteiger partial charge in [0.2, 0.25) is 9.87 Å². The molecule has 1 aromatic carbocycles. The highest BCUT2D eigenvalue weighted by molar-refractivity contribution is 9.10. The molecule has 0 aliphatic rings. The Bertz CT molecular complexity index is 460. The number of methoxy groups -OCH3 is 1. The average molecular weight is 286 g/mol. The number of halogens is 1. The van der Waals surface area contributed by atoms with E-state index in [-0.39, 0.29) is 0 Å². The van der Waals surface area contributed by atoms with Gasteiger partial charge >= 0.3 is 0 Å². The van der Waals surface area contributed by atoms with Gasteiger partial charge in [-0.1, -0.05) is 12.1 Å². The summed E-state index contributed by atoms with van der Waals surface area (Å²) in [7, 11) is 1.64. The quantitative estimate of drug-likeness (QED) is 0.942. The standard InChI is InChI=1S/C9H8BrN3OS/c1-14-7-5-3-2-4-6(7)11-9-12-8(10)13-15-9/h2-5H,1H3,(H,11,12,13). The van der Waals surface area contributed by atoms with Crippen molar-refractivity contribution in [1.29, 1.82) is 0 Å². The van der Waals surface area contributed by atoms with E-state index in [9.17, 15) is 0 Å². The van der Waals surface area contributed by atoms with Crippen molar-refractivity contribution in [3.63, 3.8) is 0 Å². The van der Waals surface area contributed by atoms with Gasteiger partial charge < -0.3 is 10.1 Å². The normalized spacial score (nSPS) is 10.0. The van der Waals surface area contributed by atoms with Gasteiger partial charge in [-0.15, -0.1) is 0 Å². The molecule has 0 spiro atoms. The van der Waals surface area contributed by atoms with Gasteiger partial charge in [-0.3, -0.25) is 0 Å². The number of rotatable bonds is 3. The molecule has 2 aromatic rings. The minimum absolute atomic E-state index is 0.588. The second kappa shape index (κ2) is 4.59. The molecule has 1 N–H and O–H groups in total. The van der Waals surface area contributed by atoms with E-state index in [0.717, 1.165) is 16.6 Å². The van der Waals surface area contributed by atoms with E-state index in [1.165, 1.54) is 11.5 Å². The zero-order valence-electron chi connectivity index (χ0n) is 7.90. The molecule has 2 rings (SSSR count). The predicted octanol–water partition coefficient (Wildman–Crippen LogP) is 3.05. The Morgan fingerprint density at radius 3 is 2.87 bits per heavy atom. The fourth-order valence-electron chi connectivity index (χ4n) is 1.12. The largest absolute Gasteiger partial charge is 0.495 e. The van der Waals surface area contributed by atoms with E-state index in [4.69, 9.17) is 4.74 Å². The van der Waals surface area contributed by atoms with Gasteiger partial charge in [0.05, 0.1) is 12.8 Å². The molecule has 0 aliphatic carbocycles. The second-order valence-corrected chi connectivity index (χ2v) is 4.15. The Morgan fingerprint density at radius 2 is 2.20 bits per heavy atom. The van der Waals surface area contributed by atoms with E-state index >= 15 is 0 Å². The SMILES string of the molecule is COc1ccccc1Nc1nc(Br)ns1. The first-order chi connectivity index (χ1) is 7.29. The first kappa shape index (κ1) is 10.4. The first-order valence-corrected chi connectivity index (χ1v) is 5.75. The minimum Gasteiger partial charge on any atom is -0.495 e. The van der Waals surface area contributed by atoms with Crippen LogP contribution in [0.5, 0.6) is 5.75 Å². The molecule has 15 heavy (non-hydrogen) atoms. The number of nitrogens with one attached hydrogen (secondary N) is 1. The molecule has 1 heterocycles. The lowest BCUT2D eigenvalue weighted by atomic mass is 10.3. The van der Waals surface area contributed by atoms with Crippen molar-refractivity contribution in [2.75, 3.05) is 12.4 Å². The minimum atomic E-state index is 0.588. The van der Waals surface area contributed by atoms with Crippen LogP contribution in [-0.4, -0.2) is 16.5 Å². The molecular weight excluding hydrogens is 278 g/mol. The lowest BCUT2D eigenvalue weighted by Gasteiger charge is -2.07. The van der Waals surface area contributed by atoms with Crippen LogP contribution in [0.4, 0.5) is 10.8 Å². The summed E-state index contributed by atoms with van der Waals surface area (Å²) >= 11 is 4.49. The van der Waals surface area contributed by atoms with Crippen molar-refractivity contribution in [1.82, 2.24) is 9.36 Å². The molecule has 6 heteroatoms. The molecule has 0 fully saturated rings. The third-order valence-electron chi connectivity index (χ3n) is 1.75. The van der Waals surface area contributed by atoms with Gasteiger partial charge in [0.15, 0.2) is 0 Å². The molecule has 0 atom stereocenters. The van der Waals surface area contributed by atoms with Crippen LogP contribution in [-0.2, 0) is 0 Å². The van der Waals surface area contributed by atoms with Gasteiger partial charge in [0, 0.05) is 11.5 Å². The Labute approximate surface area is 99.6 Å². The molecule has 78 valence electrons. The maximum absolute atomic E-state index is 5.21. The van der Waals surface area contributed by atoms with Crippen molar-refractivity contribution in [3.8, 4) is 5.75 Å². The smallest absolute Gasteiger partial charge is 0.210 e. The molecule has 0 unspecified atom stereocenters. The Kier molecular flexibility index (Phi) is 3.17. The molecular formula is C9H8BrN3OS. The van der Waals surface area contributed by atoms with Crippen LogP contribution >= 0.6 is 27.5 Å². The van der Waals surface area contributed by atoms with Crippen molar-refractivity contribution >= 4 is 38.3 Å². The Morgan fingerprint density at radius 1 is 1.40 bits per heavy atom. The third kappa shape index (κ3) is 2.45. The number of hydrogen-bond donors (Lipinski definition) is 1. The zero-order chi connectivity index (χ0) is 10.7. The molecule has 1 aromatic heterocycles. The molecule has 0 saturated heterocycles. The summed E-state index contributed by atoms with van der Waals surface area (Å²) in [6.07, 6.45) is 0.